The first kappa shape index (κ1) is 7.59. The van der Waals surface area contributed by atoms with E-state index in [0.29, 0.717) is 12.5 Å². The van der Waals surface area contributed by atoms with E-state index in [9.17, 15) is 0 Å². The summed E-state index contributed by atoms with van der Waals surface area (Å²) >= 11 is 0. The first-order chi connectivity index (χ1) is 3.81. The maximum Gasteiger partial charge on any atom is 0.0722 e. The molecule has 0 amide bonds. The van der Waals surface area contributed by atoms with Crippen LogP contribution in [0.5, 0.6) is 0 Å². The van der Waals surface area contributed by atoms with Crippen LogP contribution in [0, 0.1) is 5.92 Å². The van der Waals surface area contributed by atoms with E-state index in [4.69, 9.17) is 5.90 Å². The minimum absolute atomic E-state index is 0.387. The van der Waals surface area contributed by atoms with Gasteiger partial charge >= 0.3 is 0 Å². The Balaban J connectivity index is 3.03. The second kappa shape index (κ2) is 4.74. The van der Waals surface area contributed by atoms with Crippen molar-refractivity contribution < 1.29 is 4.84 Å². The molecule has 48 valence electrons. The van der Waals surface area contributed by atoms with Gasteiger partial charge in [-0.05, 0) is 6.72 Å². The third-order valence-electron chi connectivity index (χ3n) is 0.822. The van der Waals surface area contributed by atoms with Crippen LogP contribution >= 0.6 is 0 Å². The van der Waals surface area contributed by atoms with Gasteiger partial charge in [0.25, 0.3) is 0 Å². The average Bonchev–Trinajstić information content (AvgIpc) is 1.68. The summed E-state index contributed by atoms with van der Waals surface area (Å²) in [5.74, 6) is 5.18. The van der Waals surface area contributed by atoms with Crippen LogP contribution in [-0.4, -0.2) is 19.9 Å². The van der Waals surface area contributed by atoms with Gasteiger partial charge in [-0.1, -0.05) is 6.92 Å². The molecule has 0 bridgehead atoms. The van der Waals surface area contributed by atoms with Crippen LogP contribution in [0.15, 0.2) is 4.99 Å². The van der Waals surface area contributed by atoms with Crippen molar-refractivity contribution in [2.24, 2.45) is 16.8 Å². The number of aliphatic imine (C=N–C) groups is 1. The third-order valence-corrected chi connectivity index (χ3v) is 0.822. The first-order valence-corrected chi connectivity index (χ1v) is 2.55. The highest BCUT2D eigenvalue weighted by Gasteiger charge is 1.96. The van der Waals surface area contributed by atoms with Gasteiger partial charge in [-0.15, -0.1) is 0 Å². The van der Waals surface area contributed by atoms with Crippen molar-refractivity contribution in [1.29, 1.82) is 0 Å². The molecule has 0 fully saturated rings. The van der Waals surface area contributed by atoms with Crippen molar-refractivity contribution >= 4 is 6.72 Å². The monoisotopic (exact) mass is 116 g/mol. The molecule has 3 nitrogen and oxygen atoms in total. The fourth-order valence-electron chi connectivity index (χ4n) is 0.437. The molecule has 0 aromatic heterocycles. The molecule has 8 heavy (non-hydrogen) atoms. The zero-order valence-corrected chi connectivity index (χ0v) is 5.13. The third kappa shape index (κ3) is 3.77. The lowest BCUT2D eigenvalue weighted by atomic mass is 10.2. The predicted octanol–water partition coefficient (Wildman–Crippen LogP) is 0.213. The van der Waals surface area contributed by atoms with Crippen LogP contribution in [-0.2, 0) is 4.84 Å². The maximum atomic E-state index is 4.80. The molecule has 0 saturated heterocycles. The summed E-state index contributed by atoms with van der Waals surface area (Å²) in [4.78, 5) is 8.04. The largest absolute Gasteiger partial charge is 0.304 e. The van der Waals surface area contributed by atoms with E-state index < -0.39 is 0 Å². The Bertz CT molecular complexity index is 65.4. The molecule has 1 atom stereocenters. The molecule has 0 rings (SSSR count). The summed E-state index contributed by atoms with van der Waals surface area (Å²) in [5.41, 5.74) is 0. The van der Waals surface area contributed by atoms with Gasteiger partial charge in [0, 0.05) is 12.5 Å². The average molecular weight is 116 g/mol. The molecule has 0 spiro atoms. The molecule has 2 N–H and O–H groups in total. The quantitative estimate of drug-likeness (QED) is 0.421. The zero-order chi connectivity index (χ0) is 6.41. The zero-order valence-electron chi connectivity index (χ0n) is 5.13. The van der Waals surface area contributed by atoms with Crippen LogP contribution in [0.25, 0.3) is 0 Å². The number of hydrogen-bond donors (Lipinski definition) is 1. The van der Waals surface area contributed by atoms with E-state index in [0.717, 1.165) is 6.54 Å². The minimum atomic E-state index is 0.387. The van der Waals surface area contributed by atoms with Gasteiger partial charge in [0.15, 0.2) is 0 Å². The minimum Gasteiger partial charge on any atom is -0.304 e. The SMILES string of the molecule is C=NC[C@H](C)CON. The van der Waals surface area contributed by atoms with Crippen molar-refractivity contribution in [2.45, 2.75) is 6.92 Å². The highest BCUT2D eigenvalue weighted by molar-refractivity contribution is 5.23. The van der Waals surface area contributed by atoms with Crippen LogP contribution in [0.4, 0.5) is 0 Å². The second-order valence-electron chi connectivity index (χ2n) is 1.84. The second-order valence-corrected chi connectivity index (χ2v) is 1.84. The Morgan fingerprint density at radius 2 is 2.50 bits per heavy atom. The molecule has 0 aliphatic heterocycles. The smallest absolute Gasteiger partial charge is 0.0722 e. The van der Waals surface area contributed by atoms with Gasteiger partial charge in [0.2, 0.25) is 0 Å². The standard InChI is InChI=1S/C5H12N2O/c1-5(3-7-2)4-8-6/h5H,2-4,6H2,1H3/t5-/m0/s1. The van der Waals surface area contributed by atoms with Gasteiger partial charge in [0.1, 0.15) is 0 Å². The topological polar surface area (TPSA) is 47.6 Å². The van der Waals surface area contributed by atoms with Gasteiger partial charge < -0.3 is 9.83 Å². The van der Waals surface area contributed by atoms with Gasteiger partial charge in [0.05, 0.1) is 6.61 Å². The van der Waals surface area contributed by atoms with Gasteiger partial charge in [-0.2, -0.15) is 0 Å². The Hall–Kier alpha value is -0.410. The van der Waals surface area contributed by atoms with E-state index in [2.05, 4.69) is 16.5 Å². The summed E-state index contributed by atoms with van der Waals surface area (Å²) in [6.07, 6.45) is 0. The van der Waals surface area contributed by atoms with E-state index in [1.54, 1.807) is 0 Å². The van der Waals surface area contributed by atoms with Crippen molar-refractivity contribution in [3.05, 3.63) is 0 Å². The van der Waals surface area contributed by atoms with Gasteiger partial charge in [-0.3, -0.25) is 0 Å². The number of nitrogens with two attached hydrogens (primary N) is 1. The molecule has 0 unspecified atom stereocenters. The molecule has 0 aliphatic rings. The number of hydrogen-bond acceptors (Lipinski definition) is 3. The summed E-state index contributed by atoms with van der Waals surface area (Å²) in [7, 11) is 0. The van der Waals surface area contributed by atoms with E-state index in [1.165, 1.54) is 0 Å². The molecule has 3 heteroatoms. The van der Waals surface area contributed by atoms with Crippen LogP contribution < -0.4 is 5.90 Å². The van der Waals surface area contributed by atoms with Crippen molar-refractivity contribution in [1.82, 2.24) is 0 Å². The predicted molar refractivity (Wildman–Crippen MR) is 33.7 cm³/mol. The molecular weight excluding hydrogens is 104 g/mol. The molecule has 0 radical (unpaired) electrons. The Morgan fingerprint density at radius 1 is 1.88 bits per heavy atom. The molecule has 0 saturated carbocycles. The lowest BCUT2D eigenvalue weighted by Crippen LogP contribution is -2.11. The molecule has 0 aliphatic carbocycles. The normalized spacial score (nSPS) is 13.2. The lowest BCUT2D eigenvalue weighted by molar-refractivity contribution is 0.109. The molecular formula is C5H12N2O. The molecule has 0 aromatic carbocycles. The summed E-state index contributed by atoms with van der Waals surface area (Å²) < 4.78 is 0. The number of rotatable bonds is 4. The van der Waals surface area contributed by atoms with Crippen molar-refractivity contribution in [3.8, 4) is 0 Å². The highest BCUT2D eigenvalue weighted by atomic mass is 16.6. The number of nitrogens with zero attached hydrogens (tertiary/aromatic N) is 1. The van der Waals surface area contributed by atoms with Crippen LogP contribution in [0.1, 0.15) is 6.92 Å². The van der Waals surface area contributed by atoms with E-state index in [1.807, 2.05) is 6.92 Å². The first-order valence-electron chi connectivity index (χ1n) is 2.55. The fourth-order valence-corrected chi connectivity index (χ4v) is 0.437. The van der Waals surface area contributed by atoms with Crippen molar-refractivity contribution in [3.63, 3.8) is 0 Å². The van der Waals surface area contributed by atoms with E-state index >= 15 is 0 Å². The van der Waals surface area contributed by atoms with Gasteiger partial charge in [-0.25, -0.2) is 5.90 Å². The lowest BCUT2D eigenvalue weighted by Gasteiger charge is -2.03. The maximum absolute atomic E-state index is 4.80. The summed E-state index contributed by atoms with van der Waals surface area (Å²) in [6.45, 7) is 6.61. The van der Waals surface area contributed by atoms with Crippen LogP contribution in [0.2, 0.25) is 0 Å². The van der Waals surface area contributed by atoms with Crippen molar-refractivity contribution in [2.75, 3.05) is 13.2 Å². The summed E-state index contributed by atoms with van der Waals surface area (Å²) in [6, 6.07) is 0. The Labute approximate surface area is 49.5 Å². The highest BCUT2D eigenvalue weighted by Crippen LogP contribution is 1.92. The fraction of sp³-hybridized carbons (Fsp3) is 0.800. The summed E-state index contributed by atoms with van der Waals surface area (Å²) in [5, 5.41) is 0. The Morgan fingerprint density at radius 3 is 2.88 bits per heavy atom. The molecule has 0 heterocycles. The van der Waals surface area contributed by atoms with E-state index in [-0.39, 0.29) is 0 Å². The molecule has 0 aromatic rings. The van der Waals surface area contributed by atoms with Crippen LogP contribution in [0.3, 0.4) is 0 Å². The Kier molecular flexibility index (Phi) is 4.50.